The van der Waals surface area contributed by atoms with Gasteiger partial charge in [0.15, 0.2) is 0 Å². The number of benzene rings is 2. The Kier molecular flexibility index (Phi) is 5.56. The number of hydrogen-bond donors (Lipinski definition) is 1. The Hall–Kier alpha value is -2.82. The van der Waals surface area contributed by atoms with Crippen molar-refractivity contribution in [2.45, 2.75) is 39.8 Å². The zero-order valence-electron chi connectivity index (χ0n) is 15.5. The molecule has 1 heterocycles. The molecule has 0 radical (unpaired) electrons. The van der Waals surface area contributed by atoms with Crippen LogP contribution < -0.4 is 10.1 Å². The number of aromatic nitrogens is 2. The van der Waals surface area contributed by atoms with Crippen LogP contribution in [0.3, 0.4) is 0 Å². The third-order valence-corrected chi connectivity index (χ3v) is 4.28. The summed E-state index contributed by atoms with van der Waals surface area (Å²) in [6.07, 6.45) is 0.855. The number of hydrogen-bond acceptors (Lipinski definition) is 3. The van der Waals surface area contributed by atoms with E-state index >= 15 is 0 Å². The molecule has 0 fully saturated rings. The second-order valence-electron chi connectivity index (χ2n) is 6.55. The van der Waals surface area contributed by atoms with Crippen molar-refractivity contribution in [2.75, 3.05) is 6.61 Å². The molecule has 0 spiro atoms. The zero-order valence-corrected chi connectivity index (χ0v) is 15.5. The van der Waals surface area contributed by atoms with E-state index in [1.807, 2.05) is 43.3 Å². The summed E-state index contributed by atoms with van der Waals surface area (Å²) < 4.78 is 8.03. The quantitative estimate of drug-likeness (QED) is 0.654. The Morgan fingerprint density at radius 1 is 1.23 bits per heavy atom. The highest BCUT2D eigenvalue weighted by molar-refractivity contribution is 5.77. The molecule has 1 N–H and O–H groups in total. The lowest BCUT2D eigenvalue weighted by Gasteiger charge is -2.15. The van der Waals surface area contributed by atoms with Crippen molar-refractivity contribution in [3.05, 3.63) is 59.9 Å². The molecular weight excluding hydrogens is 326 g/mol. The number of imidazole rings is 1. The summed E-state index contributed by atoms with van der Waals surface area (Å²) in [5, 5.41) is 2.93. The van der Waals surface area contributed by atoms with Crippen LogP contribution >= 0.6 is 0 Å². The first-order valence-corrected chi connectivity index (χ1v) is 8.96. The maximum Gasteiger partial charge on any atom is 0.217 e. The summed E-state index contributed by atoms with van der Waals surface area (Å²) in [7, 11) is 0. The fourth-order valence-corrected chi connectivity index (χ4v) is 3.15. The van der Waals surface area contributed by atoms with E-state index < -0.39 is 0 Å². The lowest BCUT2D eigenvalue weighted by Crippen LogP contribution is -2.26. The van der Waals surface area contributed by atoms with Crippen LogP contribution in [0, 0.1) is 6.92 Å². The summed E-state index contributed by atoms with van der Waals surface area (Å²) >= 11 is 0. The summed E-state index contributed by atoms with van der Waals surface area (Å²) in [6.45, 7) is 6.96. The molecule has 1 amide bonds. The Labute approximate surface area is 154 Å². The van der Waals surface area contributed by atoms with Crippen molar-refractivity contribution in [1.29, 1.82) is 0 Å². The molecule has 0 saturated carbocycles. The van der Waals surface area contributed by atoms with Gasteiger partial charge in [-0.05, 0) is 50.1 Å². The van der Waals surface area contributed by atoms with Crippen molar-refractivity contribution >= 4 is 16.9 Å². The van der Waals surface area contributed by atoms with Crippen molar-refractivity contribution < 1.29 is 9.53 Å². The Bertz CT molecular complexity index is 901. The van der Waals surface area contributed by atoms with Gasteiger partial charge < -0.3 is 14.6 Å². The van der Waals surface area contributed by atoms with Crippen molar-refractivity contribution in [2.24, 2.45) is 0 Å². The van der Waals surface area contributed by atoms with Gasteiger partial charge in [0.1, 0.15) is 11.6 Å². The number of nitrogens with one attached hydrogen (secondary N) is 1. The average Bonchev–Trinajstić information content (AvgIpc) is 2.97. The minimum atomic E-state index is -0.141. The van der Waals surface area contributed by atoms with Gasteiger partial charge in [0, 0.05) is 13.5 Å². The SMILES string of the molecule is CC(=O)NC(C)c1nc2ccccc2n1CCCOc1cccc(C)c1. The lowest BCUT2D eigenvalue weighted by atomic mass is 10.2. The van der Waals surface area contributed by atoms with E-state index in [1.165, 1.54) is 12.5 Å². The average molecular weight is 351 g/mol. The molecular formula is C21H25N3O2. The van der Waals surface area contributed by atoms with Gasteiger partial charge in [-0.1, -0.05) is 24.3 Å². The van der Waals surface area contributed by atoms with Crippen LogP contribution in [-0.2, 0) is 11.3 Å². The van der Waals surface area contributed by atoms with Gasteiger partial charge in [-0.15, -0.1) is 0 Å². The van der Waals surface area contributed by atoms with E-state index in [0.717, 1.165) is 35.6 Å². The van der Waals surface area contributed by atoms with Gasteiger partial charge in [-0.2, -0.15) is 0 Å². The first kappa shape index (κ1) is 18.0. The maximum absolute atomic E-state index is 11.4. The molecule has 5 heteroatoms. The number of nitrogens with zero attached hydrogens (tertiary/aromatic N) is 2. The van der Waals surface area contributed by atoms with Crippen LogP contribution in [0.4, 0.5) is 0 Å². The van der Waals surface area contributed by atoms with Gasteiger partial charge in [0.25, 0.3) is 0 Å². The normalized spacial score (nSPS) is 12.1. The van der Waals surface area contributed by atoms with Crippen LogP contribution in [0.5, 0.6) is 5.75 Å². The van der Waals surface area contributed by atoms with Crippen LogP contribution in [0.15, 0.2) is 48.5 Å². The molecule has 3 rings (SSSR count). The topological polar surface area (TPSA) is 56.2 Å². The zero-order chi connectivity index (χ0) is 18.5. The monoisotopic (exact) mass is 351 g/mol. The minimum absolute atomic E-state index is 0.0566. The summed E-state index contributed by atoms with van der Waals surface area (Å²) in [4.78, 5) is 16.2. The third kappa shape index (κ3) is 4.23. The molecule has 1 atom stereocenters. The Morgan fingerprint density at radius 3 is 2.81 bits per heavy atom. The summed E-state index contributed by atoms with van der Waals surface area (Å²) in [5.41, 5.74) is 3.21. The predicted octanol–water partition coefficient (Wildman–Crippen LogP) is 4.01. The van der Waals surface area contributed by atoms with E-state index in [4.69, 9.17) is 9.72 Å². The van der Waals surface area contributed by atoms with E-state index in [1.54, 1.807) is 0 Å². The molecule has 5 nitrogen and oxygen atoms in total. The molecule has 26 heavy (non-hydrogen) atoms. The van der Waals surface area contributed by atoms with Gasteiger partial charge >= 0.3 is 0 Å². The Balaban J connectivity index is 1.72. The van der Waals surface area contributed by atoms with Crippen LogP contribution in [0.2, 0.25) is 0 Å². The number of ether oxygens (including phenoxy) is 1. The van der Waals surface area contributed by atoms with Crippen molar-refractivity contribution in [1.82, 2.24) is 14.9 Å². The fraction of sp³-hybridized carbons (Fsp3) is 0.333. The van der Waals surface area contributed by atoms with Gasteiger partial charge in [-0.3, -0.25) is 4.79 Å². The number of aryl methyl sites for hydroxylation is 2. The smallest absolute Gasteiger partial charge is 0.217 e. The molecule has 0 bridgehead atoms. The van der Waals surface area contributed by atoms with E-state index in [0.29, 0.717) is 6.61 Å². The second kappa shape index (κ2) is 8.04. The van der Waals surface area contributed by atoms with E-state index in [9.17, 15) is 4.79 Å². The van der Waals surface area contributed by atoms with Crippen molar-refractivity contribution in [3.8, 4) is 5.75 Å². The number of carbonyl (C=O) groups is 1. The van der Waals surface area contributed by atoms with Gasteiger partial charge in [-0.25, -0.2) is 4.98 Å². The first-order valence-electron chi connectivity index (χ1n) is 8.96. The van der Waals surface area contributed by atoms with Gasteiger partial charge in [0.2, 0.25) is 5.91 Å². The van der Waals surface area contributed by atoms with Gasteiger partial charge in [0.05, 0.1) is 23.7 Å². The highest BCUT2D eigenvalue weighted by Gasteiger charge is 2.17. The lowest BCUT2D eigenvalue weighted by molar-refractivity contribution is -0.119. The second-order valence-corrected chi connectivity index (χ2v) is 6.55. The van der Waals surface area contributed by atoms with Crippen molar-refractivity contribution in [3.63, 3.8) is 0 Å². The highest BCUT2D eigenvalue weighted by atomic mass is 16.5. The molecule has 1 aromatic heterocycles. The minimum Gasteiger partial charge on any atom is -0.494 e. The molecule has 0 saturated heterocycles. The third-order valence-electron chi connectivity index (χ3n) is 4.28. The maximum atomic E-state index is 11.4. The van der Waals surface area contributed by atoms with Crippen LogP contribution in [0.1, 0.15) is 37.7 Å². The number of fused-ring (bicyclic) bond motifs is 1. The largest absolute Gasteiger partial charge is 0.494 e. The Morgan fingerprint density at radius 2 is 2.04 bits per heavy atom. The number of amides is 1. The molecule has 0 aliphatic rings. The highest BCUT2D eigenvalue weighted by Crippen LogP contribution is 2.21. The number of para-hydroxylation sites is 2. The molecule has 2 aromatic carbocycles. The standard InChI is InChI=1S/C21H25N3O2/c1-15-8-6-9-18(14-15)26-13-7-12-24-20-11-5-4-10-19(20)23-21(24)16(2)22-17(3)25/h4-6,8-11,14,16H,7,12-13H2,1-3H3,(H,22,25). The molecule has 3 aromatic rings. The molecule has 136 valence electrons. The molecule has 0 aliphatic heterocycles. The summed E-state index contributed by atoms with van der Waals surface area (Å²) in [6, 6.07) is 16.0. The fourth-order valence-electron chi connectivity index (χ4n) is 3.15. The van der Waals surface area contributed by atoms with E-state index in [-0.39, 0.29) is 11.9 Å². The number of carbonyl (C=O) groups excluding carboxylic acids is 1. The van der Waals surface area contributed by atoms with Crippen LogP contribution in [0.25, 0.3) is 11.0 Å². The first-order chi connectivity index (χ1) is 12.5. The number of rotatable bonds is 7. The summed E-state index contributed by atoms with van der Waals surface area (Å²) in [5.74, 6) is 1.71. The van der Waals surface area contributed by atoms with E-state index in [2.05, 4.69) is 28.9 Å². The van der Waals surface area contributed by atoms with Crippen LogP contribution in [-0.4, -0.2) is 22.1 Å². The predicted molar refractivity (Wildman–Crippen MR) is 103 cm³/mol. The molecule has 0 aliphatic carbocycles. The molecule has 1 unspecified atom stereocenters.